The van der Waals surface area contributed by atoms with E-state index in [9.17, 15) is 18.9 Å². The molecule has 0 spiro atoms. The van der Waals surface area contributed by atoms with Crippen LogP contribution >= 0.6 is 0 Å². The number of aliphatic carboxylic acids is 1. The summed E-state index contributed by atoms with van der Waals surface area (Å²) < 4.78 is 22.1. The third-order valence-corrected chi connectivity index (χ3v) is 5.10. The molecule has 1 aromatic carbocycles. The van der Waals surface area contributed by atoms with Crippen LogP contribution in [0.5, 0.6) is 0 Å². The fourth-order valence-corrected chi connectivity index (χ4v) is 3.46. The highest BCUT2D eigenvalue weighted by molar-refractivity contribution is 7.85. The third-order valence-electron chi connectivity index (χ3n) is 3.46. The number of carbonyl (C=O) groups is 2. The Hall–Kier alpha value is -2.41. The lowest BCUT2D eigenvalue weighted by atomic mass is 10.1. The molecule has 128 valence electrons. The Labute approximate surface area is 141 Å². The Kier molecular flexibility index (Phi) is 6.31. The zero-order chi connectivity index (χ0) is 17.5. The molecule has 0 aliphatic heterocycles. The fraction of sp³-hybridized carbons (Fsp3) is 0.294. The predicted octanol–water partition coefficient (Wildman–Crippen LogP) is 2.40. The zero-order valence-corrected chi connectivity index (χ0v) is 14.0. The van der Waals surface area contributed by atoms with Gasteiger partial charge in [-0.2, -0.15) is 0 Å². The average Bonchev–Trinajstić information content (AvgIpc) is 3.03. The molecule has 0 bridgehead atoms. The zero-order valence-electron chi connectivity index (χ0n) is 13.1. The lowest BCUT2D eigenvalue weighted by Crippen LogP contribution is -2.27. The molecule has 2 atom stereocenters. The number of carbonyl (C=O) groups excluding carboxylic acids is 1. The normalized spacial score (nSPS) is 13.2. The van der Waals surface area contributed by atoms with Gasteiger partial charge in [0.15, 0.2) is 0 Å². The van der Waals surface area contributed by atoms with Crippen molar-refractivity contribution in [1.29, 1.82) is 0 Å². The van der Waals surface area contributed by atoms with Gasteiger partial charge in [0, 0.05) is 10.8 Å². The van der Waals surface area contributed by atoms with Gasteiger partial charge in [-0.15, -0.1) is 0 Å². The van der Waals surface area contributed by atoms with Crippen LogP contribution in [0.2, 0.25) is 0 Å². The van der Waals surface area contributed by atoms with E-state index in [-0.39, 0.29) is 17.9 Å². The molecule has 7 heteroatoms. The molecule has 0 radical (unpaired) electrons. The Morgan fingerprint density at radius 1 is 1.21 bits per heavy atom. The lowest BCUT2D eigenvalue weighted by Gasteiger charge is -2.11. The van der Waals surface area contributed by atoms with Crippen molar-refractivity contribution in [2.75, 3.05) is 7.11 Å². The summed E-state index contributed by atoms with van der Waals surface area (Å²) in [5, 5.41) is 8.33. The van der Waals surface area contributed by atoms with Crippen molar-refractivity contribution in [2.24, 2.45) is 0 Å². The van der Waals surface area contributed by atoms with Crippen molar-refractivity contribution in [3.05, 3.63) is 59.5 Å². The van der Waals surface area contributed by atoms with Gasteiger partial charge in [0.2, 0.25) is 5.76 Å². The Morgan fingerprint density at radius 2 is 1.92 bits per heavy atom. The SMILES string of the molecule is COC(=O)c1ccc(CS(=O)C(CCc2ccccc2)C(=O)O)o1. The van der Waals surface area contributed by atoms with E-state index in [4.69, 9.17) is 4.42 Å². The van der Waals surface area contributed by atoms with Crippen LogP contribution < -0.4 is 0 Å². The first-order valence-corrected chi connectivity index (χ1v) is 8.70. The smallest absolute Gasteiger partial charge is 0.373 e. The predicted molar refractivity (Wildman–Crippen MR) is 88.1 cm³/mol. The van der Waals surface area contributed by atoms with Crippen LogP contribution in [0.15, 0.2) is 46.9 Å². The summed E-state index contributed by atoms with van der Waals surface area (Å²) in [5.41, 5.74) is 0.992. The number of benzene rings is 1. The van der Waals surface area contributed by atoms with Crippen LogP contribution in [-0.2, 0) is 32.5 Å². The van der Waals surface area contributed by atoms with Crippen LogP contribution in [0.1, 0.15) is 28.3 Å². The topological polar surface area (TPSA) is 93.8 Å². The minimum Gasteiger partial charge on any atom is -0.480 e. The molecule has 0 aliphatic carbocycles. The van der Waals surface area contributed by atoms with E-state index in [1.165, 1.54) is 19.2 Å². The maximum atomic E-state index is 12.4. The van der Waals surface area contributed by atoms with Crippen LogP contribution in [-0.4, -0.2) is 33.6 Å². The van der Waals surface area contributed by atoms with Crippen molar-refractivity contribution < 1.29 is 28.1 Å². The van der Waals surface area contributed by atoms with E-state index in [0.29, 0.717) is 12.2 Å². The molecule has 2 aromatic rings. The summed E-state index contributed by atoms with van der Waals surface area (Å²) in [7, 11) is -0.431. The molecular weight excluding hydrogens is 332 g/mol. The second-order valence-electron chi connectivity index (χ2n) is 5.13. The molecule has 0 aliphatic rings. The summed E-state index contributed by atoms with van der Waals surface area (Å²) in [6.07, 6.45) is 0.783. The highest BCUT2D eigenvalue weighted by Crippen LogP contribution is 2.16. The number of carboxylic acids is 1. The Morgan fingerprint density at radius 3 is 2.54 bits per heavy atom. The standard InChI is InChI=1S/C17H18O6S/c1-22-17(20)14-9-8-13(23-14)11-24(21)15(16(18)19)10-7-12-5-3-2-4-6-12/h2-6,8-9,15H,7,10-11H2,1H3,(H,18,19). The molecule has 1 aromatic heterocycles. The fourth-order valence-electron chi connectivity index (χ4n) is 2.22. The number of esters is 1. The van der Waals surface area contributed by atoms with Gasteiger partial charge in [-0.3, -0.25) is 9.00 Å². The second-order valence-corrected chi connectivity index (χ2v) is 6.75. The first kappa shape index (κ1) is 17.9. The molecule has 24 heavy (non-hydrogen) atoms. The van der Waals surface area contributed by atoms with Gasteiger partial charge >= 0.3 is 11.9 Å². The average molecular weight is 350 g/mol. The molecular formula is C17H18O6S. The Balaban J connectivity index is 1.99. The van der Waals surface area contributed by atoms with Gasteiger partial charge in [0.05, 0.1) is 12.9 Å². The number of aryl methyl sites for hydroxylation is 1. The maximum absolute atomic E-state index is 12.4. The van der Waals surface area contributed by atoms with Crippen molar-refractivity contribution in [3.63, 3.8) is 0 Å². The van der Waals surface area contributed by atoms with E-state index < -0.39 is 28.0 Å². The highest BCUT2D eigenvalue weighted by atomic mass is 32.2. The van der Waals surface area contributed by atoms with Gasteiger partial charge in [0.25, 0.3) is 0 Å². The van der Waals surface area contributed by atoms with Crippen molar-refractivity contribution in [1.82, 2.24) is 0 Å². The van der Waals surface area contributed by atoms with Gasteiger partial charge in [-0.05, 0) is 30.5 Å². The summed E-state index contributed by atoms with van der Waals surface area (Å²) >= 11 is 0. The first-order valence-electron chi connectivity index (χ1n) is 7.32. The lowest BCUT2D eigenvalue weighted by molar-refractivity contribution is -0.136. The number of furan rings is 1. The molecule has 6 nitrogen and oxygen atoms in total. The number of hydrogen-bond acceptors (Lipinski definition) is 5. The first-order chi connectivity index (χ1) is 11.5. The quantitative estimate of drug-likeness (QED) is 0.735. The van der Waals surface area contributed by atoms with Crippen LogP contribution in [0.3, 0.4) is 0 Å². The minimum atomic E-state index is -1.66. The maximum Gasteiger partial charge on any atom is 0.373 e. The number of carboxylic acid groups (broad SMARTS) is 1. The molecule has 2 rings (SSSR count). The molecule has 0 amide bonds. The largest absolute Gasteiger partial charge is 0.480 e. The summed E-state index contributed by atoms with van der Waals surface area (Å²) in [5.74, 6) is -1.52. The molecule has 2 unspecified atom stereocenters. The molecule has 1 heterocycles. The summed E-state index contributed by atoms with van der Waals surface area (Å²) in [4.78, 5) is 22.7. The van der Waals surface area contributed by atoms with Gasteiger partial charge in [0.1, 0.15) is 11.0 Å². The van der Waals surface area contributed by atoms with E-state index >= 15 is 0 Å². The molecule has 0 saturated heterocycles. The third kappa shape index (κ3) is 4.79. The number of methoxy groups -OCH3 is 1. The van der Waals surface area contributed by atoms with E-state index in [0.717, 1.165) is 5.56 Å². The van der Waals surface area contributed by atoms with E-state index in [1.807, 2.05) is 30.3 Å². The molecule has 1 N–H and O–H groups in total. The number of ether oxygens (including phenoxy) is 1. The van der Waals surface area contributed by atoms with Crippen molar-refractivity contribution >= 4 is 22.7 Å². The van der Waals surface area contributed by atoms with E-state index in [2.05, 4.69) is 4.74 Å². The number of rotatable bonds is 8. The van der Waals surface area contributed by atoms with E-state index in [1.54, 1.807) is 0 Å². The van der Waals surface area contributed by atoms with Crippen LogP contribution in [0, 0.1) is 0 Å². The second kappa shape index (κ2) is 8.44. The van der Waals surface area contributed by atoms with Gasteiger partial charge < -0.3 is 14.3 Å². The van der Waals surface area contributed by atoms with Crippen LogP contribution in [0.25, 0.3) is 0 Å². The van der Waals surface area contributed by atoms with Crippen molar-refractivity contribution in [2.45, 2.75) is 23.8 Å². The van der Waals surface area contributed by atoms with Gasteiger partial charge in [-0.1, -0.05) is 30.3 Å². The summed E-state index contributed by atoms with van der Waals surface area (Å²) in [6, 6.07) is 12.3. The van der Waals surface area contributed by atoms with Gasteiger partial charge in [-0.25, -0.2) is 4.79 Å². The Bertz CT molecular complexity index is 722. The molecule has 0 saturated carbocycles. The monoisotopic (exact) mass is 350 g/mol. The minimum absolute atomic E-state index is 0.000612. The molecule has 0 fully saturated rings. The highest BCUT2D eigenvalue weighted by Gasteiger charge is 2.26. The number of hydrogen-bond donors (Lipinski definition) is 1. The van der Waals surface area contributed by atoms with Crippen molar-refractivity contribution in [3.8, 4) is 0 Å². The van der Waals surface area contributed by atoms with Crippen LogP contribution in [0.4, 0.5) is 0 Å². The summed E-state index contributed by atoms with van der Waals surface area (Å²) in [6.45, 7) is 0.